The highest BCUT2D eigenvalue weighted by Gasteiger charge is 2.41. The van der Waals surface area contributed by atoms with Gasteiger partial charge < -0.3 is 14.2 Å². The first-order chi connectivity index (χ1) is 8.62. The third-order valence-electron chi connectivity index (χ3n) is 1.28. The van der Waals surface area contributed by atoms with Gasteiger partial charge in [-0.05, 0) is 0 Å². The summed E-state index contributed by atoms with van der Waals surface area (Å²) >= 11 is 0. The fourth-order valence-corrected chi connectivity index (χ4v) is 0.872. The van der Waals surface area contributed by atoms with E-state index in [1.165, 1.54) is 0 Å². The predicted molar refractivity (Wildman–Crippen MR) is 44.5 cm³/mol. The maximum absolute atomic E-state index is 11.8. The van der Waals surface area contributed by atoms with E-state index in [0.29, 0.717) is 0 Å². The molecule has 0 spiro atoms. The molecule has 0 bridgehead atoms. The normalized spacial score (nSPS) is 14.7. The van der Waals surface area contributed by atoms with Crippen molar-refractivity contribution in [1.82, 2.24) is 0 Å². The Balaban J connectivity index is 4.66. The molecule has 0 unspecified atom stereocenters. The molecular weight excluding hydrogens is 331 g/mol. The van der Waals surface area contributed by atoms with Gasteiger partial charge in [0.2, 0.25) is 5.60 Å². The van der Waals surface area contributed by atoms with Crippen LogP contribution in [0.1, 0.15) is 0 Å². The average molecular weight is 337 g/mol. The highest BCUT2D eigenvalue weighted by atomic mass is 28.1. The van der Waals surface area contributed by atoms with Gasteiger partial charge >= 0.3 is 18.5 Å². The lowest BCUT2D eigenvalue weighted by Gasteiger charge is -2.31. The molecule has 0 aliphatic rings. The molecule has 3 nitrogen and oxygen atoms in total. The van der Waals surface area contributed by atoms with Gasteiger partial charge in [0.25, 0.3) is 0 Å². The summed E-state index contributed by atoms with van der Waals surface area (Å²) in [7, 11) is 2.04. The molecule has 13 heteroatoms. The van der Waals surface area contributed by atoms with Gasteiger partial charge in [-0.25, -0.2) is 0 Å². The molecular formula is C7H6F9O3Si. The Labute approximate surface area is 109 Å². The molecule has 0 saturated carbocycles. The van der Waals surface area contributed by atoms with E-state index in [4.69, 9.17) is 0 Å². The minimum atomic E-state index is -5.01. The average Bonchev–Trinajstić information content (AvgIpc) is 2.18. The number of rotatable bonds is 6. The summed E-state index contributed by atoms with van der Waals surface area (Å²) in [6.45, 7) is -6.56. The minimum absolute atomic E-state index is 2.04. The van der Waals surface area contributed by atoms with Crippen molar-refractivity contribution >= 4 is 10.2 Å². The topological polar surface area (TPSA) is 27.7 Å². The summed E-state index contributed by atoms with van der Waals surface area (Å²) in [6, 6.07) is 0. The van der Waals surface area contributed by atoms with Crippen molar-refractivity contribution in [2.24, 2.45) is 0 Å². The molecule has 119 valence electrons. The van der Waals surface area contributed by atoms with E-state index < -0.39 is 43.9 Å². The fraction of sp³-hybridized carbons (Fsp3) is 1.00. The van der Waals surface area contributed by atoms with Gasteiger partial charge in [0.05, 0.1) is 0 Å². The summed E-state index contributed by atoms with van der Waals surface area (Å²) in [5, 5.41) is 0. The van der Waals surface area contributed by atoms with Gasteiger partial charge in [0, 0.05) is 0 Å². The van der Waals surface area contributed by atoms with Crippen LogP contribution in [0.2, 0.25) is 0 Å². The number of hydrogen-bond donors (Lipinski definition) is 0. The lowest BCUT2D eigenvalue weighted by Crippen LogP contribution is -2.46. The van der Waals surface area contributed by atoms with E-state index >= 15 is 0 Å². The van der Waals surface area contributed by atoms with Crippen LogP contribution in [-0.4, -0.2) is 54.2 Å². The number of halogens is 9. The zero-order valence-electron chi connectivity index (χ0n) is 9.25. The molecule has 0 amide bonds. The Morgan fingerprint density at radius 1 is 0.550 bits per heavy atom. The van der Waals surface area contributed by atoms with Crippen LogP contribution in [0.4, 0.5) is 39.5 Å². The number of alkyl halides is 9. The maximum atomic E-state index is 11.8. The van der Waals surface area contributed by atoms with Crippen molar-refractivity contribution in [2.75, 3.05) is 19.8 Å². The van der Waals surface area contributed by atoms with E-state index in [2.05, 4.69) is 14.2 Å². The van der Waals surface area contributed by atoms with Crippen LogP contribution in [0.5, 0.6) is 0 Å². The van der Waals surface area contributed by atoms with Crippen LogP contribution < -0.4 is 0 Å². The molecule has 0 aromatic rings. The minimum Gasteiger partial charge on any atom is -0.323 e. The van der Waals surface area contributed by atoms with E-state index in [-0.39, 0.29) is 0 Å². The van der Waals surface area contributed by atoms with Crippen molar-refractivity contribution in [2.45, 2.75) is 24.1 Å². The van der Waals surface area contributed by atoms with Gasteiger partial charge in [0.1, 0.15) is 19.8 Å². The molecule has 0 saturated heterocycles. The highest BCUT2D eigenvalue weighted by molar-refractivity contribution is 6.12. The quantitative estimate of drug-likeness (QED) is 0.423. The second-order valence-electron chi connectivity index (χ2n) is 3.27. The van der Waals surface area contributed by atoms with Gasteiger partial charge in [-0.15, -0.1) is 0 Å². The molecule has 0 aliphatic heterocycles. The van der Waals surface area contributed by atoms with Crippen LogP contribution in [0, 0.1) is 0 Å². The van der Waals surface area contributed by atoms with Gasteiger partial charge in [-0.3, -0.25) is 0 Å². The molecule has 0 N–H and O–H groups in total. The van der Waals surface area contributed by atoms with Crippen LogP contribution in [-0.2, 0) is 14.2 Å². The third kappa shape index (κ3) is 11.3. The monoisotopic (exact) mass is 337 g/mol. The first-order valence-electron chi connectivity index (χ1n) is 4.49. The molecule has 0 aliphatic carbocycles. The molecule has 0 atom stereocenters. The Kier molecular flexibility index (Phi) is 6.32. The van der Waals surface area contributed by atoms with Crippen LogP contribution in [0.3, 0.4) is 0 Å². The van der Waals surface area contributed by atoms with Crippen LogP contribution in [0.25, 0.3) is 0 Å². The van der Waals surface area contributed by atoms with Crippen molar-refractivity contribution < 1.29 is 53.7 Å². The summed E-state index contributed by atoms with van der Waals surface area (Å²) in [4.78, 5) is 0. The lowest BCUT2D eigenvalue weighted by molar-refractivity contribution is -0.380. The second-order valence-corrected chi connectivity index (χ2v) is 3.88. The first kappa shape index (κ1) is 19.5. The molecule has 0 aromatic heterocycles. The summed E-state index contributed by atoms with van der Waals surface area (Å²) < 4.78 is 118. The SMILES string of the molecule is FC(F)(F)COC([Si])(OCC(F)(F)F)OCC(F)(F)F. The highest BCUT2D eigenvalue weighted by Crippen LogP contribution is 2.25. The van der Waals surface area contributed by atoms with E-state index in [9.17, 15) is 39.5 Å². The smallest absolute Gasteiger partial charge is 0.323 e. The number of ether oxygens (including phenoxy) is 3. The third-order valence-corrected chi connectivity index (χ3v) is 1.71. The Hall–Kier alpha value is -0.533. The first-order valence-corrected chi connectivity index (χ1v) is 4.99. The van der Waals surface area contributed by atoms with Crippen molar-refractivity contribution in [1.29, 1.82) is 0 Å². The Morgan fingerprint density at radius 3 is 0.900 bits per heavy atom. The number of hydrogen-bond acceptors (Lipinski definition) is 3. The van der Waals surface area contributed by atoms with Crippen molar-refractivity contribution in [3.63, 3.8) is 0 Å². The standard InChI is InChI=1S/C7H6F9O3Si/c8-4(9,10)1-17-7(20,18-2-5(11,12)13)19-3-6(14,15)16/h1-3H2. The molecule has 0 fully saturated rings. The summed E-state index contributed by atoms with van der Waals surface area (Å²) in [5.41, 5.74) is -3.33. The molecule has 3 radical (unpaired) electrons. The van der Waals surface area contributed by atoms with E-state index in [1.807, 2.05) is 10.2 Å². The second kappa shape index (κ2) is 6.49. The van der Waals surface area contributed by atoms with Gasteiger partial charge in [-0.1, -0.05) is 0 Å². The van der Waals surface area contributed by atoms with Crippen LogP contribution >= 0.6 is 0 Å². The Morgan fingerprint density at radius 2 is 0.750 bits per heavy atom. The largest absolute Gasteiger partial charge is 0.411 e. The van der Waals surface area contributed by atoms with Crippen molar-refractivity contribution in [3.8, 4) is 0 Å². The van der Waals surface area contributed by atoms with Gasteiger partial charge in [-0.2, -0.15) is 39.5 Å². The van der Waals surface area contributed by atoms with E-state index in [0.717, 1.165) is 0 Å². The summed E-state index contributed by atoms with van der Waals surface area (Å²) in [6.07, 6.45) is -15.0. The predicted octanol–water partition coefficient (Wildman–Crippen LogP) is 2.50. The molecule has 0 aromatic carbocycles. The molecule has 0 rings (SSSR count). The fourth-order valence-electron chi connectivity index (χ4n) is 0.656. The zero-order valence-corrected chi connectivity index (χ0v) is 10.2. The summed E-state index contributed by atoms with van der Waals surface area (Å²) in [5.74, 6) is 0. The van der Waals surface area contributed by atoms with Crippen molar-refractivity contribution in [3.05, 3.63) is 0 Å². The molecule has 0 heterocycles. The maximum Gasteiger partial charge on any atom is 0.411 e. The molecule has 20 heavy (non-hydrogen) atoms. The van der Waals surface area contributed by atoms with E-state index in [1.54, 1.807) is 0 Å². The van der Waals surface area contributed by atoms with Crippen LogP contribution in [0.15, 0.2) is 0 Å². The lowest BCUT2D eigenvalue weighted by atomic mass is 10.7. The zero-order chi connectivity index (χ0) is 16.2. The van der Waals surface area contributed by atoms with Gasteiger partial charge in [0.15, 0.2) is 10.2 Å². The Bertz CT molecular complexity index is 252.